The second-order valence-corrected chi connectivity index (χ2v) is 8.34. The van der Waals surface area contributed by atoms with Crippen LogP contribution in [0.2, 0.25) is 10.0 Å². The van der Waals surface area contributed by atoms with Gasteiger partial charge in [0.25, 0.3) is 0 Å². The van der Waals surface area contributed by atoms with Crippen molar-refractivity contribution in [3.05, 3.63) is 57.6 Å². The SMILES string of the molecule is NC(=O)C(N)(Cc1ccc2c(c1)OC(F)(F)O2)C(=O)C1(c2ccc(Cl)cc2Cl)CC1. The van der Waals surface area contributed by atoms with E-state index in [2.05, 4.69) is 9.47 Å². The van der Waals surface area contributed by atoms with Crippen molar-refractivity contribution in [3.8, 4) is 11.5 Å². The van der Waals surface area contributed by atoms with Crippen LogP contribution in [-0.2, 0) is 21.4 Å². The standard InChI is InChI=1S/C20H16Cl2F2N2O4/c21-11-2-3-12(13(22)8-11)18(5-6-18)16(27)19(26,17(25)28)9-10-1-4-14-15(7-10)30-20(23,24)29-14/h1-4,7-8H,5-6,9,26H2,(H2,25,28). The lowest BCUT2D eigenvalue weighted by Gasteiger charge is -2.30. The molecule has 2 aromatic rings. The van der Waals surface area contributed by atoms with Crippen molar-refractivity contribution in [1.82, 2.24) is 0 Å². The van der Waals surface area contributed by atoms with Crippen molar-refractivity contribution in [2.75, 3.05) is 0 Å². The minimum atomic E-state index is -3.79. The molecule has 0 saturated heterocycles. The average Bonchev–Trinajstić information content (AvgIpc) is 3.37. The normalized spacial score (nSPS) is 19.8. The van der Waals surface area contributed by atoms with Crippen molar-refractivity contribution in [3.63, 3.8) is 0 Å². The van der Waals surface area contributed by atoms with Crippen molar-refractivity contribution in [2.24, 2.45) is 11.5 Å². The first-order valence-corrected chi connectivity index (χ1v) is 9.70. The Bertz CT molecular complexity index is 1070. The molecule has 0 radical (unpaired) electrons. The van der Waals surface area contributed by atoms with Crippen LogP contribution < -0.4 is 20.9 Å². The van der Waals surface area contributed by atoms with Gasteiger partial charge < -0.3 is 20.9 Å². The molecule has 10 heteroatoms. The van der Waals surface area contributed by atoms with Gasteiger partial charge in [0.2, 0.25) is 5.91 Å². The van der Waals surface area contributed by atoms with Crippen LogP contribution in [0.25, 0.3) is 0 Å². The molecular weight excluding hydrogens is 441 g/mol. The van der Waals surface area contributed by atoms with Crippen molar-refractivity contribution in [2.45, 2.75) is 36.5 Å². The molecule has 6 nitrogen and oxygen atoms in total. The first kappa shape index (κ1) is 20.8. The molecule has 1 heterocycles. The summed E-state index contributed by atoms with van der Waals surface area (Å²) in [5.41, 5.74) is 9.44. The molecule has 2 aliphatic rings. The molecule has 0 spiro atoms. The van der Waals surface area contributed by atoms with E-state index < -0.39 is 28.9 Å². The zero-order chi connectivity index (χ0) is 21.9. The van der Waals surface area contributed by atoms with Gasteiger partial charge in [0.1, 0.15) is 0 Å². The number of fused-ring (bicyclic) bond motifs is 1. The van der Waals surface area contributed by atoms with Gasteiger partial charge in [-0.1, -0.05) is 35.3 Å². The lowest BCUT2D eigenvalue weighted by molar-refractivity contribution is -0.286. The number of nitrogens with two attached hydrogens (primary N) is 2. The summed E-state index contributed by atoms with van der Waals surface area (Å²) in [7, 11) is 0. The van der Waals surface area contributed by atoms with Gasteiger partial charge >= 0.3 is 6.29 Å². The number of alkyl halides is 2. The maximum atomic E-state index is 13.5. The predicted octanol–water partition coefficient (Wildman–Crippen LogP) is 3.34. The van der Waals surface area contributed by atoms with Crippen molar-refractivity contribution >= 4 is 34.9 Å². The van der Waals surface area contributed by atoms with E-state index in [1.807, 2.05) is 0 Å². The Hall–Kier alpha value is -2.42. The number of amides is 1. The molecule has 1 amide bonds. The lowest BCUT2D eigenvalue weighted by Crippen LogP contribution is -2.62. The van der Waals surface area contributed by atoms with Crippen LogP contribution in [0.1, 0.15) is 24.0 Å². The summed E-state index contributed by atoms with van der Waals surface area (Å²) in [6.07, 6.45) is -3.22. The third-order valence-electron chi connectivity index (χ3n) is 5.42. The smallest absolute Gasteiger partial charge is 0.395 e. The molecule has 2 aromatic carbocycles. The third kappa shape index (κ3) is 3.38. The molecule has 4 N–H and O–H groups in total. The third-order valence-corrected chi connectivity index (χ3v) is 5.97. The van der Waals surface area contributed by atoms with Gasteiger partial charge in [-0.05, 0) is 48.2 Å². The minimum Gasteiger partial charge on any atom is -0.395 e. The number of halogens is 4. The number of carbonyl (C=O) groups excluding carboxylic acids is 2. The van der Waals surface area contributed by atoms with E-state index in [-0.39, 0.29) is 22.9 Å². The van der Waals surface area contributed by atoms with E-state index in [1.165, 1.54) is 24.3 Å². The highest BCUT2D eigenvalue weighted by Gasteiger charge is 2.59. The van der Waals surface area contributed by atoms with Gasteiger partial charge in [-0.25, -0.2) is 0 Å². The monoisotopic (exact) mass is 456 g/mol. The summed E-state index contributed by atoms with van der Waals surface area (Å²) in [5, 5.41) is 0.684. The predicted molar refractivity (Wildman–Crippen MR) is 105 cm³/mol. The Balaban J connectivity index is 1.67. The van der Waals surface area contributed by atoms with E-state index >= 15 is 0 Å². The number of Topliss-reactive ketones (excluding diaryl/α,β-unsaturated/α-hetero) is 1. The lowest BCUT2D eigenvalue weighted by atomic mass is 9.76. The summed E-state index contributed by atoms with van der Waals surface area (Å²) in [5.74, 6) is -2.01. The second kappa shape index (κ2) is 6.80. The highest BCUT2D eigenvalue weighted by atomic mass is 35.5. The van der Waals surface area contributed by atoms with Crippen LogP contribution >= 0.6 is 23.2 Å². The molecular formula is C20H16Cl2F2N2O4. The van der Waals surface area contributed by atoms with E-state index in [0.29, 0.717) is 29.0 Å². The molecule has 1 saturated carbocycles. The number of benzene rings is 2. The van der Waals surface area contributed by atoms with Gasteiger partial charge in [-0.3, -0.25) is 9.59 Å². The van der Waals surface area contributed by atoms with Crippen LogP contribution in [-0.4, -0.2) is 23.5 Å². The number of primary amides is 1. The maximum absolute atomic E-state index is 13.5. The molecule has 1 atom stereocenters. The van der Waals surface area contributed by atoms with E-state index in [1.54, 1.807) is 12.1 Å². The molecule has 1 aliphatic carbocycles. The molecule has 1 fully saturated rings. The number of ether oxygens (including phenoxy) is 2. The Labute approximate surface area is 180 Å². The highest BCUT2D eigenvalue weighted by molar-refractivity contribution is 6.35. The van der Waals surface area contributed by atoms with Gasteiger partial charge in [0.15, 0.2) is 22.8 Å². The van der Waals surface area contributed by atoms with Crippen LogP contribution in [0, 0.1) is 0 Å². The number of carbonyl (C=O) groups is 2. The first-order chi connectivity index (χ1) is 14.0. The van der Waals surface area contributed by atoms with Crippen LogP contribution in [0.5, 0.6) is 11.5 Å². The molecule has 4 rings (SSSR count). The molecule has 158 valence electrons. The number of hydrogen-bond donors (Lipinski definition) is 2. The van der Waals surface area contributed by atoms with E-state index in [9.17, 15) is 18.4 Å². The fourth-order valence-corrected chi connectivity index (χ4v) is 4.34. The zero-order valence-electron chi connectivity index (χ0n) is 15.4. The van der Waals surface area contributed by atoms with E-state index in [4.69, 9.17) is 34.7 Å². The Morgan fingerprint density at radius 1 is 1.07 bits per heavy atom. The topological polar surface area (TPSA) is 105 Å². The van der Waals surface area contributed by atoms with E-state index in [0.717, 1.165) is 0 Å². The highest BCUT2D eigenvalue weighted by Crippen LogP contribution is 2.53. The van der Waals surface area contributed by atoms with Crippen LogP contribution in [0.3, 0.4) is 0 Å². The molecule has 30 heavy (non-hydrogen) atoms. The Kier molecular flexibility index (Phi) is 4.72. The number of rotatable bonds is 6. The molecule has 1 unspecified atom stereocenters. The fraction of sp³-hybridized carbons (Fsp3) is 0.300. The van der Waals surface area contributed by atoms with Crippen LogP contribution in [0.4, 0.5) is 8.78 Å². The van der Waals surface area contributed by atoms with Gasteiger partial charge in [0, 0.05) is 16.5 Å². The average molecular weight is 457 g/mol. The second-order valence-electron chi connectivity index (χ2n) is 7.50. The quantitative estimate of drug-likeness (QED) is 0.648. The summed E-state index contributed by atoms with van der Waals surface area (Å²) in [6.45, 7) is 0. The Morgan fingerprint density at radius 2 is 1.73 bits per heavy atom. The maximum Gasteiger partial charge on any atom is 0.586 e. The number of ketones is 1. The molecule has 0 bridgehead atoms. The van der Waals surface area contributed by atoms with Crippen molar-refractivity contribution in [1.29, 1.82) is 0 Å². The summed E-state index contributed by atoms with van der Waals surface area (Å²) in [6, 6.07) is 8.63. The molecule has 0 aromatic heterocycles. The Morgan fingerprint density at radius 3 is 2.33 bits per heavy atom. The fourth-order valence-electron chi connectivity index (χ4n) is 3.75. The molecule has 1 aliphatic heterocycles. The van der Waals surface area contributed by atoms with Crippen molar-refractivity contribution < 1.29 is 27.8 Å². The van der Waals surface area contributed by atoms with Gasteiger partial charge in [0.05, 0.1) is 5.41 Å². The summed E-state index contributed by atoms with van der Waals surface area (Å²) in [4.78, 5) is 25.8. The number of hydrogen-bond acceptors (Lipinski definition) is 5. The first-order valence-electron chi connectivity index (χ1n) is 8.95. The minimum absolute atomic E-state index is 0.164. The van der Waals surface area contributed by atoms with Gasteiger partial charge in [-0.15, -0.1) is 8.78 Å². The zero-order valence-corrected chi connectivity index (χ0v) is 16.9. The summed E-state index contributed by atoms with van der Waals surface area (Å²) < 4.78 is 35.3. The van der Waals surface area contributed by atoms with Crippen LogP contribution in [0.15, 0.2) is 36.4 Å². The van der Waals surface area contributed by atoms with Gasteiger partial charge in [-0.2, -0.15) is 0 Å². The largest absolute Gasteiger partial charge is 0.586 e. The summed E-state index contributed by atoms with van der Waals surface area (Å²) >= 11 is 12.2.